The number of carbonyl (C=O) groups is 1. The third-order valence-electron chi connectivity index (χ3n) is 2.73. The number of fused-ring (bicyclic) bond motifs is 1. The summed E-state index contributed by atoms with van der Waals surface area (Å²) >= 11 is 13.2. The molecule has 0 atom stereocenters. The van der Waals surface area contributed by atoms with E-state index in [-0.39, 0.29) is 11.7 Å². The quantitative estimate of drug-likeness (QED) is 0.554. The number of aromatic amines is 1. The zero-order chi connectivity index (χ0) is 15.5. The van der Waals surface area contributed by atoms with Crippen LogP contribution in [0, 0.1) is 0 Å². The maximum absolute atomic E-state index is 12.0. The minimum Gasteiger partial charge on any atom is -0.341 e. The molecule has 112 valence electrons. The fourth-order valence-electron chi connectivity index (χ4n) is 1.77. The van der Waals surface area contributed by atoms with Gasteiger partial charge in [-0.05, 0) is 18.2 Å². The summed E-state index contributed by atoms with van der Waals surface area (Å²) in [5, 5.41) is 4.31. The summed E-state index contributed by atoms with van der Waals surface area (Å²) in [6.45, 7) is 0. The second-order valence-electron chi connectivity index (χ2n) is 4.24. The Morgan fingerprint density at radius 1 is 1.27 bits per heavy atom. The number of carbonyl (C=O) groups excluding carboxylic acids is 1. The first-order chi connectivity index (χ1) is 10.6. The van der Waals surface area contributed by atoms with Crippen molar-refractivity contribution in [2.45, 2.75) is 5.03 Å². The summed E-state index contributed by atoms with van der Waals surface area (Å²) in [5.74, 6) is -0.0333. The Labute approximate surface area is 139 Å². The lowest BCUT2D eigenvalue weighted by molar-refractivity contribution is -0.113. The van der Waals surface area contributed by atoms with Gasteiger partial charge in [0.2, 0.25) is 5.91 Å². The molecule has 22 heavy (non-hydrogen) atoms. The number of rotatable bonds is 4. The number of hydrogen-bond acceptors (Lipinski definition) is 5. The van der Waals surface area contributed by atoms with Gasteiger partial charge in [0.05, 0.1) is 22.8 Å². The van der Waals surface area contributed by atoms with Crippen LogP contribution in [0.25, 0.3) is 11.2 Å². The molecule has 0 aliphatic carbocycles. The average Bonchev–Trinajstić information content (AvgIpc) is 2.98. The Balaban J connectivity index is 1.67. The maximum atomic E-state index is 12.0. The Morgan fingerprint density at radius 3 is 3.00 bits per heavy atom. The van der Waals surface area contributed by atoms with Gasteiger partial charge in [-0.15, -0.1) is 0 Å². The highest BCUT2D eigenvalue weighted by Crippen LogP contribution is 2.26. The number of aromatic nitrogens is 4. The van der Waals surface area contributed by atoms with E-state index in [0.29, 0.717) is 31.9 Å². The highest BCUT2D eigenvalue weighted by molar-refractivity contribution is 8.00. The first-order valence-electron chi connectivity index (χ1n) is 6.15. The van der Waals surface area contributed by atoms with Crippen molar-refractivity contribution in [2.24, 2.45) is 0 Å². The number of imidazole rings is 1. The Bertz CT molecular complexity index is 838. The fraction of sp³-hybridized carbons (Fsp3) is 0.0769. The number of benzene rings is 1. The lowest BCUT2D eigenvalue weighted by Gasteiger charge is -2.07. The summed E-state index contributed by atoms with van der Waals surface area (Å²) in [4.78, 5) is 27.2. The van der Waals surface area contributed by atoms with Crippen molar-refractivity contribution in [3.05, 3.63) is 40.9 Å². The second-order valence-corrected chi connectivity index (χ2v) is 6.05. The average molecular weight is 354 g/mol. The van der Waals surface area contributed by atoms with Crippen LogP contribution < -0.4 is 5.32 Å². The number of halogens is 2. The smallest absolute Gasteiger partial charge is 0.234 e. The first kappa shape index (κ1) is 15.1. The van der Waals surface area contributed by atoms with E-state index >= 15 is 0 Å². The van der Waals surface area contributed by atoms with Gasteiger partial charge in [0.1, 0.15) is 16.9 Å². The lowest BCUT2D eigenvalue weighted by Crippen LogP contribution is -2.14. The molecule has 3 aromatic rings. The van der Waals surface area contributed by atoms with Crippen molar-refractivity contribution in [1.82, 2.24) is 19.9 Å². The van der Waals surface area contributed by atoms with Crippen LogP contribution in [-0.2, 0) is 4.79 Å². The summed E-state index contributed by atoms with van der Waals surface area (Å²) in [5.41, 5.74) is 1.76. The Hall–Kier alpha value is -1.83. The number of hydrogen-bond donors (Lipinski definition) is 2. The minimum atomic E-state index is -0.208. The number of anilines is 1. The van der Waals surface area contributed by atoms with Crippen molar-refractivity contribution in [1.29, 1.82) is 0 Å². The second kappa shape index (κ2) is 6.51. The standard InChI is InChI=1S/C13H9Cl2N5OS/c14-7-1-2-8(15)9(3-7)20-10(21)4-22-13-11-12(17-5-16-11)18-6-19-13/h1-3,5-6H,4H2,(H,20,21)(H,16,17,18,19). The maximum Gasteiger partial charge on any atom is 0.234 e. The van der Waals surface area contributed by atoms with Crippen LogP contribution in [-0.4, -0.2) is 31.6 Å². The van der Waals surface area contributed by atoms with Crippen LogP contribution in [0.1, 0.15) is 0 Å². The summed E-state index contributed by atoms with van der Waals surface area (Å²) in [6.07, 6.45) is 2.95. The number of thioether (sulfide) groups is 1. The van der Waals surface area contributed by atoms with Gasteiger partial charge in [0, 0.05) is 5.02 Å². The molecule has 0 unspecified atom stereocenters. The number of H-pyrrole nitrogens is 1. The zero-order valence-corrected chi connectivity index (χ0v) is 13.3. The SMILES string of the molecule is O=C(CSc1ncnc2nc[nH]c12)Nc1cc(Cl)ccc1Cl. The molecule has 6 nitrogen and oxygen atoms in total. The molecule has 0 bridgehead atoms. The molecule has 2 heterocycles. The van der Waals surface area contributed by atoms with Gasteiger partial charge in [0.25, 0.3) is 0 Å². The molecule has 0 saturated heterocycles. The van der Waals surface area contributed by atoms with E-state index in [9.17, 15) is 4.79 Å². The molecule has 1 amide bonds. The van der Waals surface area contributed by atoms with E-state index in [1.807, 2.05) is 0 Å². The first-order valence-corrected chi connectivity index (χ1v) is 7.89. The van der Waals surface area contributed by atoms with Gasteiger partial charge >= 0.3 is 0 Å². The van der Waals surface area contributed by atoms with E-state index in [4.69, 9.17) is 23.2 Å². The Morgan fingerprint density at radius 2 is 2.14 bits per heavy atom. The van der Waals surface area contributed by atoms with Crippen molar-refractivity contribution < 1.29 is 4.79 Å². The predicted octanol–water partition coefficient (Wildman–Crippen LogP) is 3.39. The molecule has 2 aromatic heterocycles. The number of amides is 1. The fourth-order valence-corrected chi connectivity index (χ4v) is 2.86. The molecule has 0 radical (unpaired) electrons. The summed E-state index contributed by atoms with van der Waals surface area (Å²) in [6, 6.07) is 4.89. The van der Waals surface area contributed by atoms with Gasteiger partial charge in [-0.25, -0.2) is 15.0 Å². The molecule has 3 rings (SSSR count). The van der Waals surface area contributed by atoms with E-state index < -0.39 is 0 Å². The molecule has 1 aromatic carbocycles. The van der Waals surface area contributed by atoms with Crippen LogP contribution in [0.4, 0.5) is 5.69 Å². The molecule has 0 fully saturated rings. The monoisotopic (exact) mass is 353 g/mol. The highest BCUT2D eigenvalue weighted by atomic mass is 35.5. The predicted molar refractivity (Wildman–Crippen MR) is 87.5 cm³/mol. The minimum absolute atomic E-state index is 0.175. The third-order valence-corrected chi connectivity index (χ3v) is 4.28. The molecule has 2 N–H and O–H groups in total. The summed E-state index contributed by atoms with van der Waals surface area (Å²) in [7, 11) is 0. The van der Waals surface area contributed by atoms with Crippen LogP contribution in [0.5, 0.6) is 0 Å². The molecule has 9 heteroatoms. The summed E-state index contributed by atoms with van der Waals surface area (Å²) < 4.78 is 0. The van der Waals surface area contributed by atoms with E-state index in [0.717, 1.165) is 0 Å². The molecule has 0 saturated carbocycles. The van der Waals surface area contributed by atoms with Crippen molar-refractivity contribution in [2.75, 3.05) is 11.1 Å². The molecular formula is C13H9Cl2N5OS. The highest BCUT2D eigenvalue weighted by Gasteiger charge is 2.11. The Kier molecular flexibility index (Phi) is 4.47. The van der Waals surface area contributed by atoms with Crippen molar-refractivity contribution >= 4 is 57.7 Å². The molecule has 0 spiro atoms. The van der Waals surface area contributed by atoms with Gasteiger partial charge in [0.15, 0.2) is 5.65 Å². The topological polar surface area (TPSA) is 83.6 Å². The van der Waals surface area contributed by atoms with Gasteiger partial charge < -0.3 is 10.3 Å². The van der Waals surface area contributed by atoms with Crippen LogP contribution >= 0.6 is 35.0 Å². The largest absolute Gasteiger partial charge is 0.341 e. The van der Waals surface area contributed by atoms with E-state index in [2.05, 4.69) is 25.3 Å². The normalized spacial score (nSPS) is 10.8. The molecular weight excluding hydrogens is 345 g/mol. The van der Waals surface area contributed by atoms with Crippen LogP contribution in [0.2, 0.25) is 10.0 Å². The van der Waals surface area contributed by atoms with Crippen LogP contribution in [0.3, 0.4) is 0 Å². The van der Waals surface area contributed by atoms with Crippen LogP contribution in [0.15, 0.2) is 35.9 Å². The van der Waals surface area contributed by atoms with E-state index in [1.54, 1.807) is 18.2 Å². The van der Waals surface area contributed by atoms with Gasteiger partial charge in [-0.1, -0.05) is 35.0 Å². The van der Waals surface area contributed by atoms with Gasteiger partial charge in [-0.3, -0.25) is 4.79 Å². The van der Waals surface area contributed by atoms with Crippen molar-refractivity contribution in [3.8, 4) is 0 Å². The zero-order valence-electron chi connectivity index (χ0n) is 11.0. The van der Waals surface area contributed by atoms with Gasteiger partial charge in [-0.2, -0.15) is 0 Å². The molecule has 0 aliphatic rings. The third kappa shape index (κ3) is 3.32. The van der Waals surface area contributed by atoms with Crippen molar-refractivity contribution in [3.63, 3.8) is 0 Å². The number of nitrogens with one attached hydrogen (secondary N) is 2. The molecule has 0 aliphatic heterocycles. The van der Waals surface area contributed by atoms with E-state index in [1.165, 1.54) is 24.4 Å². The lowest BCUT2D eigenvalue weighted by atomic mass is 10.3. The number of nitrogens with zero attached hydrogens (tertiary/aromatic N) is 3.